The fourth-order valence-corrected chi connectivity index (χ4v) is 4.56. The maximum absolute atomic E-state index is 3.62. The Balaban J connectivity index is 2.82. The highest BCUT2D eigenvalue weighted by atomic mass is 79.9. The highest BCUT2D eigenvalue weighted by molar-refractivity contribution is 9.13. The Labute approximate surface area is 142 Å². The molecule has 0 bridgehead atoms. The number of hydrogen-bond donors (Lipinski definition) is 0. The molecular weight excluding hydrogens is 544 g/mol. The topological polar surface area (TPSA) is 0 Å². The van der Waals surface area contributed by atoms with Crippen LogP contribution in [0.1, 0.15) is 0 Å². The van der Waals surface area contributed by atoms with E-state index in [1.807, 2.05) is 30.3 Å². The molecule has 0 aliphatic carbocycles. The quantitative estimate of drug-likeness (QED) is 0.332. The average Bonchev–Trinajstić information content (AvgIpc) is 2.28. The molecule has 5 heteroatoms. The van der Waals surface area contributed by atoms with Crippen LogP contribution in [-0.4, -0.2) is 0 Å². The van der Waals surface area contributed by atoms with E-state index in [-0.39, 0.29) is 0 Å². The van der Waals surface area contributed by atoms with E-state index in [4.69, 9.17) is 0 Å². The first-order chi connectivity index (χ1) is 8.02. The van der Waals surface area contributed by atoms with Gasteiger partial charge in [0.15, 0.2) is 0 Å². The molecule has 0 heterocycles. The lowest BCUT2D eigenvalue weighted by Gasteiger charge is -2.13. The van der Waals surface area contributed by atoms with Crippen LogP contribution in [0.3, 0.4) is 0 Å². The van der Waals surface area contributed by atoms with Crippen molar-refractivity contribution in [3.63, 3.8) is 0 Å². The van der Waals surface area contributed by atoms with Crippen molar-refractivity contribution in [2.45, 2.75) is 0 Å². The summed E-state index contributed by atoms with van der Waals surface area (Å²) in [6.07, 6.45) is 0. The zero-order valence-corrected chi connectivity index (χ0v) is 16.2. The summed E-state index contributed by atoms with van der Waals surface area (Å²) in [5.74, 6) is 0. The number of hydrogen-bond acceptors (Lipinski definition) is 0. The molecule has 2 aromatic carbocycles. The molecule has 0 nitrogen and oxygen atoms in total. The number of benzene rings is 2. The maximum atomic E-state index is 3.62. The third-order valence-electron chi connectivity index (χ3n) is 2.26. The van der Waals surface area contributed by atoms with E-state index in [1.54, 1.807) is 0 Å². The van der Waals surface area contributed by atoms with Crippen molar-refractivity contribution in [2.75, 3.05) is 0 Å². The van der Waals surface area contributed by atoms with Crippen molar-refractivity contribution in [3.8, 4) is 11.1 Å². The lowest BCUT2D eigenvalue weighted by Crippen LogP contribution is -1.87. The standard InChI is InChI=1S/C12H5Br5/c13-6-2-1-3-7(14)10(6)11-8(15)4-5-9(16)12(11)17/h1-5H. The molecule has 0 unspecified atom stereocenters. The lowest BCUT2D eigenvalue weighted by molar-refractivity contribution is 1.48. The third kappa shape index (κ3) is 2.89. The van der Waals surface area contributed by atoms with Crippen LogP contribution in [0.5, 0.6) is 0 Å². The molecule has 0 fully saturated rings. The summed E-state index contributed by atoms with van der Waals surface area (Å²) in [6.45, 7) is 0. The van der Waals surface area contributed by atoms with Crippen LogP contribution in [0, 0.1) is 0 Å². The van der Waals surface area contributed by atoms with Gasteiger partial charge in [0.2, 0.25) is 0 Å². The fourth-order valence-electron chi connectivity index (χ4n) is 1.49. The SMILES string of the molecule is Brc1ccc(Br)c(-c2c(Br)cccc2Br)c1Br. The highest BCUT2D eigenvalue weighted by Gasteiger charge is 2.15. The molecule has 0 aliphatic heterocycles. The number of rotatable bonds is 1. The van der Waals surface area contributed by atoms with Crippen molar-refractivity contribution in [3.05, 3.63) is 52.7 Å². The van der Waals surface area contributed by atoms with Gasteiger partial charge in [0.25, 0.3) is 0 Å². The maximum Gasteiger partial charge on any atom is 0.0408 e. The molecule has 2 aromatic rings. The van der Waals surface area contributed by atoms with E-state index in [9.17, 15) is 0 Å². The van der Waals surface area contributed by atoms with Crippen LogP contribution in [0.2, 0.25) is 0 Å². The van der Waals surface area contributed by atoms with Gasteiger partial charge >= 0.3 is 0 Å². The summed E-state index contributed by atoms with van der Waals surface area (Å²) in [6, 6.07) is 10.1. The fraction of sp³-hybridized carbons (Fsp3) is 0. The minimum Gasteiger partial charge on any atom is -0.0600 e. The molecule has 0 aliphatic rings. The highest BCUT2D eigenvalue weighted by Crippen LogP contribution is 2.45. The second kappa shape index (κ2) is 5.87. The van der Waals surface area contributed by atoms with Gasteiger partial charge in [-0.2, -0.15) is 0 Å². The van der Waals surface area contributed by atoms with Crippen molar-refractivity contribution >= 4 is 79.6 Å². The van der Waals surface area contributed by atoms with E-state index in [0.717, 1.165) is 33.5 Å². The monoisotopic (exact) mass is 544 g/mol. The average molecular weight is 549 g/mol. The summed E-state index contributed by atoms with van der Waals surface area (Å²) in [5.41, 5.74) is 2.23. The van der Waals surface area contributed by atoms with Crippen molar-refractivity contribution in [1.82, 2.24) is 0 Å². The molecule has 0 amide bonds. The molecule has 88 valence electrons. The van der Waals surface area contributed by atoms with Gasteiger partial charge in [0.05, 0.1) is 0 Å². The molecule has 17 heavy (non-hydrogen) atoms. The molecule has 0 saturated heterocycles. The Bertz CT molecular complexity index is 557. The third-order valence-corrected chi connectivity index (χ3v) is 6.26. The summed E-state index contributed by atoms with van der Waals surface area (Å²) in [4.78, 5) is 0. The van der Waals surface area contributed by atoms with Crippen LogP contribution in [0.15, 0.2) is 52.7 Å². The molecule has 0 N–H and O–H groups in total. The van der Waals surface area contributed by atoms with Crippen molar-refractivity contribution < 1.29 is 0 Å². The Morgan fingerprint density at radius 2 is 1.00 bits per heavy atom. The summed E-state index contributed by atoms with van der Waals surface area (Å²) in [7, 11) is 0. The molecule has 0 aromatic heterocycles. The first kappa shape index (κ1) is 14.3. The van der Waals surface area contributed by atoms with Gasteiger partial charge in [-0.05, 0) is 56.1 Å². The van der Waals surface area contributed by atoms with Gasteiger partial charge in [-0.15, -0.1) is 0 Å². The van der Waals surface area contributed by atoms with E-state index in [0.29, 0.717) is 0 Å². The second-order valence-corrected chi connectivity index (χ2v) is 7.53. The molecule has 0 atom stereocenters. The Kier molecular flexibility index (Phi) is 4.92. The Hall–Kier alpha value is 0.840. The molecular formula is C12H5Br5. The largest absolute Gasteiger partial charge is 0.0600 e. The zero-order valence-electron chi connectivity index (χ0n) is 8.28. The summed E-state index contributed by atoms with van der Waals surface area (Å²) in [5, 5.41) is 0. The van der Waals surface area contributed by atoms with Gasteiger partial charge in [-0.25, -0.2) is 0 Å². The smallest absolute Gasteiger partial charge is 0.0408 e. The van der Waals surface area contributed by atoms with Gasteiger partial charge in [-0.3, -0.25) is 0 Å². The molecule has 2 rings (SSSR count). The van der Waals surface area contributed by atoms with Gasteiger partial charge in [0.1, 0.15) is 0 Å². The van der Waals surface area contributed by atoms with Gasteiger partial charge < -0.3 is 0 Å². The first-order valence-electron chi connectivity index (χ1n) is 4.60. The summed E-state index contributed by atoms with van der Waals surface area (Å²) < 4.78 is 5.19. The van der Waals surface area contributed by atoms with Crippen molar-refractivity contribution in [1.29, 1.82) is 0 Å². The molecule has 0 saturated carbocycles. The first-order valence-corrected chi connectivity index (χ1v) is 8.56. The summed E-state index contributed by atoms with van der Waals surface area (Å²) >= 11 is 17.9. The van der Waals surface area contributed by atoms with Crippen LogP contribution in [0.25, 0.3) is 11.1 Å². The van der Waals surface area contributed by atoms with E-state index in [1.165, 1.54) is 0 Å². The van der Waals surface area contributed by atoms with E-state index in [2.05, 4.69) is 79.6 Å². The predicted octanol–water partition coefficient (Wildman–Crippen LogP) is 7.17. The zero-order chi connectivity index (χ0) is 12.6. The minimum absolute atomic E-state index is 1.03. The normalized spacial score (nSPS) is 10.6. The lowest BCUT2D eigenvalue weighted by atomic mass is 10.1. The van der Waals surface area contributed by atoms with Gasteiger partial charge in [0, 0.05) is 33.5 Å². The Morgan fingerprint density at radius 3 is 1.59 bits per heavy atom. The minimum atomic E-state index is 1.03. The number of halogens is 5. The predicted molar refractivity (Wildman–Crippen MR) is 90.4 cm³/mol. The van der Waals surface area contributed by atoms with Crippen LogP contribution in [0.4, 0.5) is 0 Å². The van der Waals surface area contributed by atoms with Gasteiger partial charge in [-0.1, -0.05) is 53.9 Å². The van der Waals surface area contributed by atoms with Crippen LogP contribution < -0.4 is 0 Å². The second-order valence-electron chi connectivity index (χ2n) is 3.31. The molecule has 0 radical (unpaired) electrons. The van der Waals surface area contributed by atoms with Crippen LogP contribution >= 0.6 is 79.6 Å². The van der Waals surface area contributed by atoms with E-state index >= 15 is 0 Å². The van der Waals surface area contributed by atoms with Crippen molar-refractivity contribution in [2.24, 2.45) is 0 Å². The van der Waals surface area contributed by atoms with E-state index < -0.39 is 0 Å². The van der Waals surface area contributed by atoms with Crippen LogP contribution in [-0.2, 0) is 0 Å². The molecule has 0 spiro atoms. The Morgan fingerprint density at radius 1 is 0.529 bits per heavy atom.